The van der Waals surface area contributed by atoms with Crippen LogP contribution in [-0.2, 0) is 13.6 Å². The molecule has 3 aromatic heterocycles. The molecule has 0 aliphatic carbocycles. The molecule has 3 heterocycles. The van der Waals surface area contributed by atoms with E-state index in [1.54, 1.807) is 6.20 Å². The fourth-order valence-electron chi connectivity index (χ4n) is 2.49. The van der Waals surface area contributed by atoms with Crippen LogP contribution < -0.4 is 5.32 Å². The zero-order valence-electron chi connectivity index (χ0n) is 13.8. The highest BCUT2D eigenvalue weighted by atomic mass is 15.2. The highest BCUT2D eigenvalue weighted by Gasteiger charge is 2.15. The van der Waals surface area contributed by atoms with E-state index in [1.807, 2.05) is 32.2 Å². The summed E-state index contributed by atoms with van der Waals surface area (Å²) in [6.45, 7) is 6.79. The minimum atomic E-state index is 0.137. The first-order valence-corrected chi connectivity index (χ1v) is 7.62. The summed E-state index contributed by atoms with van der Waals surface area (Å²) in [6.07, 6.45) is 1.73. The lowest BCUT2D eigenvalue weighted by molar-refractivity contribution is 0.547. The molecule has 0 saturated carbocycles. The number of aromatic nitrogens is 6. The Morgan fingerprint density at radius 1 is 1.26 bits per heavy atom. The Labute approximate surface area is 135 Å². The van der Waals surface area contributed by atoms with Crippen LogP contribution in [-0.4, -0.2) is 29.7 Å². The summed E-state index contributed by atoms with van der Waals surface area (Å²) in [5, 5.41) is 10.6. The lowest BCUT2D eigenvalue weighted by Gasteiger charge is -2.11. The number of aromatic amines is 1. The van der Waals surface area contributed by atoms with Crippen molar-refractivity contribution >= 4 is 0 Å². The van der Waals surface area contributed by atoms with Crippen molar-refractivity contribution in [2.45, 2.75) is 33.4 Å². The van der Waals surface area contributed by atoms with Gasteiger partial charge in [0.15, 0.2) is 5.82 Å². The van der Waals surface area contributed by atoms with E-state index >= 15 is 0 Å². The summed E-state index contributed by atoms with van der Waals surface area (Å²) in [5.41, 5.74) is 3.00. The summed E-state index contributed by atoms with van der Waals surface area (Å²) in [4.78, 5) is 13.3. The molecule has 0 radical (unpaired) electrons. The molecule has 120 valence electrons. The molecular formula is C16H21N7. The van der Waals surface area contributed by atoms with Crippen LogP contribution in [0, 0.1) is 13.8 Å². The van der Waals surface area contributed by atoms with Crippen molar-refractivity contribution in [3.05, 3.63) is 47.4 Å². The normalized spacial score (nSPS) is 12.5. The topological polar surface area (TPSA) is 84.3 Å². The Kier molecular flexibility index (Phi) is 4.20. The Hall–Kier alpha value is -2.54. The summed E-state index contributed by atoms with van der Waals surface area (Å²) < 4.78 is 2.10. The summed E-state index contributed by atoms with van der Waals surface area (Å²) in [5.74, 6) is 2.41. The van der Waals surface area contributed by atoms with Crippen LogP contribution in [0.4, 0.5) is 0 Å². The molecule has 0 aromatic carbocycles. The van der Waals surface area contributed by atoms with Gasteiger partial charge in [-0.05, 0) is 32.9 Å². The molecule has 1 atom stereocenters. The monoisotopic (exact) mass is 311 g/mol. The van der Waals surface area contributed by atoms with Crippen molar-refractivity contribution in [1.29, 1.82) is 0 Å². The van der Waals surface area contributed by atoms with Gasteiger partial charge in [-0.2, -0.15) is 5.10 Å². The van der Waals surface area contributed by atoms with Crippen molar-refractivity contribution in [2.75, 3.05) is 0 Å². The number of nitrogens with one attached hydrogen (secondary N) is 2. The van der Waals surface area contributed by atoms with Gasteiger partial charge in [0.05, 0.1) is 12.2 Å². The molecule has 0 amide bonds. The highest BCUT2D eigenvalue weighted by Crippen LogP contribution is 2.17. The maximum absolute atomic E-state index is 4.62. The third-order valence-electron chi connectivity index (χ3n) is 4.05. The second-order valence-electron chi connectivity index (χ2n) is 5.61. The Morgan fingerprint density at radius 2 is 2.09 bits per heavy atom. The van der Waals surface area contributed by atoms with E-state index in [9.17, 15) is 0 Å². The fraction of sp³-hybridized carbons (Fsp3) is 0.375. The van der Waals surface area contributed by atoms with E-state index in [4.69, 9.17) is 0 Å². The quantitative estimate of drug-likeness (QED) is 0.753. The van der Waals surface area contributed by atoms with E-state index in [1.165, 1.54) is 5.69 Å². The third-order valence-corrected chi connectivity index (χ3v) is 4.05. The summed E-state index contributed by atoms with van der Waals surface area (Å²) in [7, 11) is 2.03. The van der Waals surface area contributed by atoms with E-state index in [-0.39, 0.29) is 6.04 Å². The molecule has 0 spiro atoms. The number of hydrogen-bond acceptors (Lipinski definition) is 5. The van der Waals surface area contributed by atoms with Crippen molar-refractivity contribution < 1.29 is 0 Å². The van der Waals surface area contributed by atoms with Gasteiger partial charge in [-0.15, -0.1) is 0 Å². The molecule has 23 heavy (non-hydrogen) atoms. The molecule has 0 saturated heterocycles. The minimum Gasteiger partial charge on any atom is -0.335 e. The first-order chi connectivity index (χ1) is 11.1. The number of rotatable bonds is 5. The summed E-state index contributed by atoms with van der Waals surface area (Å²) >= 11 is 0. The van der Waals surface area contributed by atoms with Gasteiger partial charge in [0.2, 0.25) is 0 Å². The number of nitrogens with zero attached hydrogens (tertiary/aromatic N) is 5. The van der Waals surface area contributed by atoms with Crippen molar-refractivity contribution in [3.8, 4) is 11.5 Å². The van der Waals surface area contributed by atoms with Crippen LogP contribution in [0.25, 0.3) is 11.5 Å². The lowest BCUT2D eigenvalue weighted by Crippen LogP contribution is -2.20. The highest BCUT2D eigenvalue weighted by molar-refractivity contribution is 5.47. The van der Waals surface area contributed by atoms with Gasteiger partial charge in [0.1, 0.15) is 17.3 Å². The first-order valence-electron chi connectivity index (χ1n) is 7.62. The predicted molar refractivity (Wildman–Crippen MR) is 87.6 cm³/mol. The lowest BCUT2D eigenvalue weighted by atomic mass is 10.2. The smallest absolute Gasteiger partial charge is 0.199 e. The molecule has 0 aliphatic heterocycles. The number of imidazole rings is 1. The Balaban J connectivity index is 1.67. The third kappa shape index (κ3) is 3.14. The van der Waals surface area contributed by atoms with Gasteiger partial charge in [-0.1, -0.05) is 6.07 Å². The average molecular weight is 311 g/mol. The Morgan fingerprint density at radius 3 is 2.74 bits per heavy atom. The zero-order chi connectivity index (χ0) is 16.4. The van der Waals surface area contributed by atoms with E-state index < -0.39 is 0 Å². The molecule has 3 aromatic rings. The molecule has 2 N–H and O–H groups in total. The second-order valence-corrected chi connectivity index (χ2v) is 5.61. The number of H-pyrrole nitrogens is 1. The minimum absolute atomic E-state index is 0.137. The van der Waals surface area contributed by atoms with E-state index in [0.717, 1.165) is 23.0 Å². The average Bonchev–Trinajstić information content (AvgIpc) is 3.14. The predicted octanol–water partition coefficient (Wildman–Crippen LogP) is 2.07. The summed E-state index contributed by atoms with van der Waals surface area (Å²) in [6, 6.07) is 5.82. The van der Waals surface area contributed by atoms with Gasteiger partial charge in [0, 0.05) is 25.0 Å². The number of aryl methyl sites for hydroxylation is 1. The van der Waals surface area contributed by atoms with Gasteiger partial charge in [0.25, 0.3) is 0 Å². The number of hydrogen-bond donors (Lipinski definition) is 2. The van der Waals surface area contributed by atoms with Crippen LogP contribution in [0.5, 0.6) is 0 Å². The molecular weight excluding hydrogens is 290 g/mol. The largest absolute Gasteiger partial charge is 0.335 e. The molecule has 0 aliphatic rings. The van der Waals surface area contributed by atoms with Crippen molar-refractivity contribution in [2.24, 2.45) is 7.05 Å². The van der Waals surface area contributed by atoms with Crippen molar-refractivity contribution in [1.82, 2.24) is 35.0 Å². The van der Waals surface area contributed by atoms with Crippen LogP contribution in [0.1, 0.15) is 36.0 Å². The van der Waals surface area contributed by atoms with Gasteiger partial charge >= 0.3 is 0 Å². The standard InChI is InChI=1S/C16H21N7/c1-10(15-11(2)23(4)12(3)19-15)18-9-14-20-16(22-21-14)13-7-5-6-8-17-13/h5-8,10,18H,9H2,1-4H3,(H,20,21,22). The van der Waals surface area contributed by atoms with E-state index in [0.29, 0.717) is 12.4 Å². The van der Waals surface area contributed by atoms with Crippen molar-refractivity contribution in [3.63, 3.8) is 0 Å². The molecule has 0 fully saturated rings. The maximum Gasteiger partial charge on any atom is 0.199 e. The van der Waals surface area contributed by atoms with Crippen LogP contribution >= 0.6 is 0 Å². The number of pyridine rings is 1. The first kappa shape index (κ1) is 15.4. The Bertz CT molecular complexity index is 788. The molecule has 3 rings (SSSR count). The van der Waals surface area contributed by atoms with Crippen LogP contribution in [0.3, 0.4) is 0 Å². The molecule has 1 unspecified atom stereocenters. The van der Waals surface area contributed by atoms with Gasteiger partial charge < -0.3 is 9.88 Å². The van der Waals surface area contributed by atoms with E-state index in [2.05, 4.69) is 48.9 Å². The molecule has 7 nitrogen and oxygen atoms in total. The van der Waals surface area contributed by atoms with Gasteiger partial charge in [-0.3, -0.25) is 10.1 Å². The zero-order valence-corrected chi connectivity index (χ0v) is 13.8. The maximum atomic E-state index is 4.62. The molecule has 0 bridgehead atoms. The van der Waals surface area contributed by atoms with Gasteiger partial charge in [-0.25, -0.2) is 9.97 Å². The molecule has 7 heteroatoms. The van der Waals surface area contributed by atoms with Crippen LogP contribution in [0.2, 0.25) is 0 Å². The SMILES string of the molecule is Cc1nc(C(C)NCc2nc(-c3ccccn3)n[nH]2)c(C)n1C. The second kappa shape index (κ2) is 6.29. The van der Waals surface area contributed by atoms with Crippen LogP contribution in [0.15, 0.2) is 24.4 Å². The fourth-order valence-corrected chi connectivity index (χ4v) is 2.49.